The topological polar surface area (TPSA) is 90.3 Å². The largest absolute Gasteiger partial charge is 0.495 e. The van der Waals surface area contributed by atoms with Crippen LogP contribution in [0.4, 0.5) is 11.6 Å². The lowest BCUT2D eigenvalue weighted by molar-refractivity contribution is -0.113. The third kappa shape index (κ3) is 5.84. The fourth-order valence-electron chi connectivity index (χ4n) is 4.49. The van der Waals surface area contributed by atoms with Crippen molar-refractivity contribution in [1.82, 2.24) is 14.8 Å². The lowest BCUT2D eigenvalue weighted by Gasteiger charge is -2.30. The summed E-state index contributed by atoms with van der Waals surface area (Å²) in [6.45, 7) is 4.25. The third-order valence-corrected chi connectivity index (χ3v) is 8.06. The monoisotopic (exact) mass is 639 g/mol. The van der Waals surface area contributed by atoms with Crippen molar-refractivity contribution >= 4 is 56.8 Å². The molecule has 0 saturated carbocycles. The molecule has 1 amide bonds. The SMILES string of the molecule is CCOc1ccc(Br)cc1C1C(C(=O)Nc2ccccc2OC)=C(C)Nc2nc(SCc3ccccc3Cl)nn21. The molecular formula is C29H27BrClN5O3S. The van der Waals surface area contributed by atoms with Crippen molar-refractivity contribution in [2.24, 2.45) is 0 Å². The number of nitrogens with zero attached hydrogens (tertiary/aromatic N) is 3. The standard InChI is InChI=1S/C29H27BrClN5O3S/c1-4-39-23-14-13-19(30)15-20(23)26-25(27(37)33-22-11-7-8-12-24(22)38-3)17(2)32-28-34-29(35-36(26)28)40-16-18-9-5-6-10-21(18)31/h5-15,26H,4,16H2,1-3H3,(H,33,37)(H,32,34,35). The molecule has 1 atom stereocenters. The van der Waals surface area contributed by atoms with Crippen LogP contribution < -0.4 is 20.1 Å². The molecule has 0 fully saturated rings. The van der Waals surface area contributed by atoms with Crippen LogP contribution in [0.3, 0.4) is 0 Å². The number of thioether (sulfide) groups is 1. The summed E-state index contributed by atoms with van der Waals surface area (Å²) in [5.41, 5.74) is 3.46. The van der Waals surface area contributed by atoms with E-state index in [0.29, 0.717) is 56.9 Å². The highest BCUT2D eigenvalue weighted by Gasteiger charge is 2.36. The van der Waals surface area contributed by atoms with E-state index in [1.807, 2.05) is 68.4 Å². The Morgan fingerprint density at radius 2 is 1.93 bits per heavy atom. The van der Waals surface area contributed by atoms with Crippen molar-refractivity contribution in [3.63, 3.8) is 0 Å². The van der Waals surface area contributed by atoms with E-state index < -0.39 is 6.04 Å². The van der Waals surface area contributed by atoms with E-state index in [9.17, 15) is 4.79 Å². The van der Waals surface area contributed by atoms with Gasteiger partial charge in [0.25, 0.3) is 5.91 Å². The zero-order valence-corrected chi connectivity index (χ0v) is 25.2. The molecule has 40 heavy (non-hydrogen) atoms. The Kier molecular flexibility index (Phi) is 8.68. The van der Waals surface area contributed by atoms with Gasteiger partial charge in [0.05, 0.1) is 25.0 Å². The highest BCUT2D eigenvalue weighted by molar-refractivity contribution is 9.10. The van der Waals surface area contributed by atoms with Gasteiger partial charge in [-0.3, -0.25) is 4.79 Å². The lowest BCUT2D eigenvalue weighted by Crippen LogP contribution is -2.32. The van der Waals surface area contributed by atoms with Crippen molar-refractivity contribution in [3.05, 3.63) is 98.6 Å². The number of para-hydroxylation sites is 2. The Hall–Kier alpha value is -3.47. The number of hydrogen-bond donors (Lipinski definition) is 2. The van der Waals surface area contributed by atoms with Crippen LogP contribution in [-0.4, -0.2) is 34.4 Å². The van der Waals surface area contributed by atoms with Gasteiger partial charge in [0, 0.05) is 26.5 Å². The molecule has 11 heteroatoms. The molecule has 1 unspecified atom stereocenters. The van der Waals surface area contributed by atoms with Gasteiger partial charge in [0.2, 0.25) is 11.1 Å². The van der Waals surface area contributed by atoms with Crippen molar-refractivity contribution in [1.29, 1.82) is 0 Å². The molecule has 2 heterocycles. The molecule has 1 aliphatic rings. The first-order valence-corrected chi connectivity index (χ1v) is 14.7. The maximum absolute atomic E-state index is 14.0. The second kappa shape index (κ2) is 12.4. The Balaban J connectivity index is 1.57. The first kappa shape index (κ1) is 28.1. The smallest absolute Gasteiger partial charge is 0.255 e. The van der Waals surface area contributed by atoms with Gasteiger partial charge < -0.3 is 20.1 Å². The molecule has 0 saturated heterocycles. The average Bonchev–Trinajstić information content (AvgIpc) is 3.35. The van der Waals surface area contributed by atoms with Gasteiger partial charge in [-0.15, -0.1) is 5.10 Å². The number of carbonyl (C=O) groups is 1. The number of aromatic nitrogens is 3. The molecule has 1 aromatic heterocycles. The summed E-state index contributed by atoms with van der Waals surface area (Å²) in [6, 6.07) is 20.1. The van der Waals surface area contributed by atoms with E-state index in [1.165, 1.54) is 11.8 Å². The number of benzene rings is 3. The van der Waals surface area contributed by atoms with Crippen LogP contribution >= 0.6 is 39.3 Å². The number of anilines is 2. The molecule has 8 nitrogen and oxygen atoms in total. The minimum atomic E-state index is -0.618. The number of carbonyl (C=O) groups excluding carboxylic acids is 1. The van der Waals surface area contributed by atoms with Crippen LogP contribution in [0.15, 0.2) is 87.6 Å². The van der Waals surface area contributed by atoms with Crippen molar-refractivity contribution in [2.75, 3.05) is 24.4 Å². The molecule has 2 N–H and O–H groups in total. The second-order valence-corrected chi connectivity index (χ2v) is 11.1. The molecule has 206 valence electrons. The summed E-state index contributed by atoms with van der Waals surface area (Å²) in [6.07, 6.45) is 0. The molecule has 0 bridgehead atoms. The number of allylic oxidation sites excluding steroid dienone is 1. The lowest BCUT2D eigenvalue weighted by atomic mass is 9.94. The van der Waals surface area contributed by atoms with Crippen molar-refractivity contribution < 1.29 is 14.3 Å². The molecule has 0 aliphatic carbocycles. The summed E-state index contributed by atoms with van der Waals surface area (Å²) in [4.78, 5) is 18.7. The van der Waals surface area contributed by atoms with Crippen LogP contribution in [0.5, 0.6) is 11.5 Å². The minimum Gasteiger partial charge on any atom is -0.495 e. The number of hydrogen-bond acceptors (Lipinski definition) is 7. The van der Waals surface area contributed by atoms with Gasteiger partial charge in [-0.1, -0.05) is 69.6 Å². The summed E-state index contributed by atoms with van der Waals surface area (Å²) >= 11 is 11.4. The predicted octanol–water partition coefficient (Wildman–Crippen LogP) is 7.32. The van der Waals surface area contributed by atoms with Gasteiger partial charge in [0.15, 0.2) is 0 Å². The van der Waals surface area contributed by atoms with Gasteiger partial charge in [-0.25, -0.2) is 4.68 Å². The highest BCUT2D eigenvalue weighted by Crippen LogP contribution is 2.42. The van der Waals surface area contributed by atoms with Crippen LogP contribution in [-0.2, 0) is 10.5 Å². The number of nitrogens with one attached hydrogen (secondary N) is 2. The minimum absolute atomic E-state index is 0.298. The molecule has 0 spiro atoms. The number of rotatable bonds is 9. The van der Waals surface area contributed by atoms with E-state index >= 15 is 0 Å². The fourth-order valence-corrected chi connectivity index (χ4v) is 5.98. The molecule has 5 rings (SSSR count). The summed E-state index contributed by atoms with van der Waals surface area (Å²) in [5, 5.41) is 12.4. The zero-order valence-electron chi connectivity index (χ0n) is 22.1. The number of ether oxygens (including phenoxy) is 2. The summed E-state index contributed by atoms with van der Waals surface area (Å²) in [7, 11) is 1.57. The molecule has 4 aromatic rings. The second-order valence-electron chi connectivity index (χ2n) is 8.88. The van der Waals surface area contributed by atoms with E-state index in [2.05, 4.69) is 26.6 Å². The zero-order chi connectivity index (χ0) is 28.2. The Bertz CT molecular complexity index is 1590. The quantitative estimate of drug-likeness (QED) is 0.185. The summed E-state index contributed by atoms with van der Waals surface area (Å²) in [5.74, 6) is 2.04. The highest BCUT2D eigenvalue weighted by atomic mass is 79.9. The Morgan fingerprint density at radius 3 is 2.70 bits per heavy atom. The number of methoxy groups -OCH3 is 1. The molecular weight excluding hydrogens is 614 g/mol. The van der Waals surface area contributed by atoms with E-state index in [4.69, 9.17) is 31.2 Å². The average molecular weight is 641 g/mol. The van der Waals surface area contributed by atoms with Crippen LogP contribution in [0.25, 0.3) is 0 Å². The van der Waals surface area contributed by atoms with Gasteiger partial charge in [-0.2, -0.15) is 4.98 Å². The molecule has 3 aromatic carbocycles. The number of halogens is 2. The Morgan fingerprint density at radius 1 is 1.15 bits per heavy atom. The molecule has 0 radical (unpaired) electrons. The Labute approximate surface area is 250 Å². The van der Waals surface area contributed by atoms with Crippen molar-refractivity contribution in [3.8, 4) is 11.5 Å². The van der Waals surface area contributed by atoms with Gasteiger partial charge in [0.1, 0.15) is 17.5 Å². The summed E-state index contributed by atoms with van der Waals surface area (Å²) < 4.78 is 14.1. The van der Waals surface area contributed by atoms with Gasteiger partial charge in [-0.05, 0) is 55.8 Å². The fraction of sp³-hybridized carbons (Fsp3) is 0.207. The van der Waals surface area contributed by atoms with Crippen LogP contribution in [0.2, 0.25) is 5.02 Å². The van der Waals surface area contributed by atoms with E-state index in [0.717, 1.165) is 15.6 Å². The van der Waals surface area contributed by atoms with E-state index in [1.54, 1.807) is 23.9 Å². The van der Waals surface area contributed by atoms with Crippen LogP contribution in [0.1, 0.15) is 31.0 Å². The number of amides is 1. The van der Waals surface area contributed by atoms with E-state index in [-0.39, 0.29) is 5.91 Å². The number of fused-ring (bicyclic) bond motifs is 1. The van der Waals surface area contributed by atoms with Gasteiger partial charge >= 0.3 is 0 Å². The molecule has 1 aliphatic heterocycles. The maximum Gasteiger partial charge on any atom is 0.255 e. The maximum atomic E-state index is 14.0. The normalized spacial score (nSPS) is 14.4. The third-order valence-electron chi connectivity index (χ3n) is 6.31. The predicted molar refractivity (Wildman–Crippen MR) is 162 cm³/mol. The van der Waals surface area contributed by atoms with Crippen molar-refractivity contribution in [2.45, 2.75) is 30.8 Å². The first-order valence-electron chi connectivity index (χ1n) is 12.6. The van der Waals surface area contributed by atoms with Crippen LogP contribution in [0, 0.1) is 0 Å². The first-order chi connectivity index (χ1) is 19.4.